The Balaban J connectivity index is 1.36. The summed E-state index contributed by atoms with van der Waals surface area (Å²) in [5.74, 6) is 0.871. The maximum Gasteiger partial charge on any atom is 0.227 e. The number of piperazine rings is 1. The molecule has 1 saturated heterocycles. The molecular formula is C18H20N4O2S2. The number of rotatable bonds is 4. The Hall–Kier alpha value is -2.19. The van der Waals surface area contributed by atoms with E-state index in [0.717, 1.165) is 54.0 Å². The fourth-order valence-electron chi connectivity index (χ4n) is 3.12. The minimum atomic E-state index is 0.136. The van der Waals surface area contributed by atoms with Gasteiger partial charge in [-0.15, -0.1) is 11.3 Å². The van der Waals surface area contributed by atoms with Crippen LogP contribution in [0.3, 0.4) is 0 Å². The fourth-order valence-corrected chi connectivity index (χ4v) is 4.65. The largest absolute Gasteiger partial charge is 0.361 e. The molecule has 136 valence electrons. The molecule has 0 N–H and O–H groups in total. The first-order valence-corrected chi connectivity index (χ1v) is 10.4. The van der Waals surface area contributed by atoms with Gasteiger partial charge in [0.25, 0.3) is 0 Å². The molecule has 0 unspecified atom stereocenters. The highest BCUT2D eigenvalue weighted by Gasteiger charge is 2.24. The third kappa shape index (κ3) is 3.39. The lowest BCUT2D eigenvalue weighted by Gasteiger charge is -2.34. The number of carbonyl (C=O) groups is 1. The van der Waals surface area contributed by atoms with Gasteiger partial charge in [0.05, 0.1) is 17.8 Å². The van der Waals surface area contributed by atoms with E-state index in [1.807, 2.05) is 18.7 Å². The molecule has 3 aromatic rings. The highest BCUT2D eigenvalue weighted by molar-refractivity contribution is 7.14. The van der Waals surface area contributed by atoms with Crippen LogP contribution < -0.4 is 4.90 Å². The van der Waals surface area contributed by atoms with Crippen molar-refractivity contribution in [1.82, 2.24) is 15.0 Å². The van der Waals surface area contributed by atoms with E-state index in [1.54, 1.807) is 22.7 Å². The first-order chi connectivity index (χ1) is 12.6. The number of amides is 1. The van der Waals surface area contributed by atoms with E-state index in [-0.39, 0.29) is 5.91 Å². The molecule has 1 amide bonds. The van der Waals surface area contributed by atoms with E-state index in [2.05, 4.69) is 32.3 Å². The quantitative estimate of drug-likeness (QED) is 0.686. The van der Waals surface area contributed by atoms with Crippen LogP contribution in [0.1, 0.15) is 17.0 Å². The topological polar surface area (TPSA) is 62.5 Å². The Kier molecular flexibility index (Phi) is 4.78. The van der Waals surface area contributed by atoms with Gasteiger partial charge in [-0.25, -0.2) is 4.98 Å². The number of hydrogen-bond acceptors (Lipinski definition) is 7. The summed E-state index contributed by atoms with van der Waals surface area (Å²) in [5.41, 5.74) is 3.92. The van der Waals surface area contributed by atoms with E-state index in [0.29, 0.717) is 6.42 Å². The Bertz CT molecular complexity index is 873. The molecule has 0 spiro atoms. The van der Waals surface area contributed by atoms with Crippen LogP contribution in [0.2, 0.25) is 0 Å². The fraction of sp³-hybridized carbons (Fsp3) is 0.389. The van der Waals surface area contributed by atoms with E-state index >= 15 is 0 Å². The Labute approximate surface area is 160 Å². The molecule has 1 fully saturated rings. The van der Waals surface area contributed by atoms with Gasteiger partial charge in [-0.05, 0) is 25.3 Å². The average molecular weight is 389 g/mol. The second-order valence-corrected chi connectivity index (χ2v) is 7.99. The molecule has 0 bridgehead atoms. The minimum Gasteiger partial charge on any atom is -0.361 e. The van der Waals surface area contributed by atoms with Gasteiger partial charge in [0.15, 0.2) is 5.13 Å². The Morgan fingerprint density at radius 2 is 2.04 bits per heavy atom. The van der Waals surface area contributed by atoms with Gasteiger partial charge in [0, 0.05) is 48.1 Å². The molecule has 3 aromatic heterocycles. The second kappa shape index (κ2) is 7.20. The van der Waals surface area contributed by atoms with Crippen LogP contribution >= 0.6 is 22.7 Å². The molecular weight excluding hydrogens is 368 g/mol. The predicted octanol–water partition coefficient (Wildman–Crippen LogP) is 3.37. The molecule has 4 rings (SSSR count). The normalized spacial score (nSPS) is 14.8. The van der Waals surface area contributed by atoms with Crippen molar-refractivity contribution >= 4 is 33.7 Å². The second-order valence-electron chi connectivity index (χ2n) is 6.37. The third-order valence-electron chi connectivity index (χ3n) is 4.72. The number of anilines is 1. The van der Waals surface area contributed by atoms with E-state index in [4.69, 9.17) is 9.51 Å². The van der Waals surface area contributed by atoms with Crippen LogP contribution in [-0.2, 0) is 11.2 Å². The van der Waals surface area contributed by atoms with Crippen molar-refractivity contribution in [3.8, 4) is 11.3 Å². The lowest BCUT2D eigenvalue weighted by Crippen LogP contribution is -2.49. The van der Waals surface area contributed by atoms with E-state index < -0.39 is 0 Å². The van der Waals surface area contributed by atoms with Gasteiger partial charge < -0.3 is 14.3 Å². The Morgan fingerprint density at radius 3 is 2.69 bits per heavy atom. The first-order valence-electron chi connectivity index (χ1n) is 8.54. The minimum absolute atomic E-state index is 0.136. The number of nitrogens with zero attached hydrogens (tertiary/aromatic N) is 4. The molecule has 8 heteroatoms. The molecule has 4 heterocycles. The maximum absolute atomic E-state index is 12.6. The van der Waals surface area contributed by atoms with Crippen LogP contribution in [0.25, 0.3) is 11.3 Å². The smallest absolute Gasteiger partial charge is 0.227 e. The van der Waals surface area contributed by atoms with Crippen molar-refractivity contribution in [2.45, 2.75) is 20.3 Å². The molecule has 1 aliphatic rings. The van der Waals surface area contributed by atoms with Crippen LogP contribution in [0.15, 0.2) is 26.7 Å². The number of thiophene rings is 1. The lowest BCUT2D eigenvalue weighted by molar-refractivity contribution is -0.130. The molecule has 1 aliphatic heterocycles. The van der Waals surface area contributed by atoms with Gasteiger partial charge in [0.1, 0.15) is 5.76 Å². The molecule has 26 heavy (non-hydrogen) atoms. The van der Waals surface area contributed by atoms with E-state index in [1.165, 1.54) is 5.56 Å². The number of carbonyl (C=O) groups excluding carboxylic acids is 1. The summed E-state index contributed by atoms with van der Waals surface area (Å²) in [7, 11) is 0. The van der Waals surface area contributed by atoms with Gasteiger partial charge in [0.2, 0.25) is 5.91 Å². The molecule has 6 nitrogen and oxygen atoms in total. The predicted molar refractivity (Wildman–Crippen MR) is 104 cm³/mol. The van der Waals surface area contributed by atoms with Crippen molar-refractivity contribution in [1.29, 1.82) is 0 Å². The number of hydrogen-bond donors (Lipinski definition) is 0. The van der Waals surface area contributed by atoms with Crippen molar-refractivity contribution < 1.29 is 9.32 Å². The van der Waals surface area contributed by atoms with Gasteiger partial charge in [-0.2, -0.15) is 11.3 Å². The van der Waals surface area contributed by atoms with Crippen molar-refractivity contribution in [2.24, 2.45) is 0 Å². The highest BCUT2D eigenvalue weighted by Crippen LogP contribution is 2.29. The van der Waals surface area contributed by atoms with Gasteiger partial charge in [-0.1, -0.05) is 5.16 Å². The average Bonchev–Trinajstić information content (AvgIpc) is 3.39. The molecule has 0 aromatic carbocycles. The summed E-state index contributed by atoms with van der Waals surface area (Å²) in [4.78, 5) is 21.5. The van der Waals surface area contributed by atoms with Crippen molar-refractivity contribution in [3.63, 3.8) is 0 Å². The van der Waals surface area contributed by atoms with E-state index in [9.17, 15) is 4.79 Å². The van der Waals surface area contributed by atoms with Crippen LogP contribution in [0.5, 0.6) is 0 Å². The summed E-state index contributed by atoms with van der Waals surface area (Å²) >= 11 is 3.35. The monoisotopic (exact) mass is 388 g/mol. The molecule has 0 atom stereocenters. The number of aryl methyl sites for hydroxylation is 2. The summed E-state index contributed by atoms with van der Waals surface area (Å²) < 4.78 is 5.16. The SMILES string of the molecule is Cc1noc(C)c1CC(=O)N1CCN(c2nc(-c3ccsc3)cs2)CC1. The summed E-state index contributed by atoms with van der Waals surface area (Å²) in [6.45, 7) is 6.79. The summed E-state index contributed by atoms with van der Waals surface area (Å²) in [5, 5.41) is 11.2. The Morgan fingerprint density at radius 1 is 1.23 bits per heavy atom. The number of aromatic nitrogens is 2. The van der Waals surface area contributed by atoms with Gasteiger partial charge in [-0.3, -0.25) is 4.79 Å². The molecule has 0 radical (unpaired) electrons. The number of thiazole rings is 1. The standard InChI is InChI=1S/C18H20N4O2S2/c1-12-15(13(2)24-20-12)9-17(23)21-4-6-22(7-5-21)18-19-16(11-26-18)14-3-8-25-10-14/h3,8,10-11H,4-7,9H2,1-2H3. The summed E-state index contributed by atoms with van der Waals surface area (Å²) in [6.07, 6.45) is 0.362. The third-order valence-corrected chi connectivity index (χ3v) is 6.31. The van der Waals surface area contributed by atoms with Crippen LogP contribution in [0.4, 0.5) is 5.13 Å². The molecule has 0 saturated carbocycles. The highest BCUT2D eigenvalue weighted by atomic mass is 32.1. The zero-order valence-corrected chi connectivity index (χ0v) is 16.4. The zero-order valence-electron chi connectivity index (χ0n) is 14.8. The zero-order chi connectivity index (χ0) is 18.1. The van der Waals surface area contributed by atoms with Crippen LogP contribution in [-0.4, -0.2) is 47.1 Å². The summed E-state index contributed by atoms with van der Waals surface area (Å²) in [6, 6.07) is 2.09. The lowest BCUT2D eigenvalue weighted by atomic mass is 10.1. The molecule has 0 aliphatic carbocycles. The van der Waals surface area contributed by atoms with Gasteiger partial charge >= 0.3 is 0 Å². The van der Waals surface area contributed by atoms with Crippen LogP contribution in [0, 0.1) is 13.8 Å². The van der Waals surface area contributed by atoms with Crippen molar-refractivity contribution in [3.05, 3.63) is 39.2 Å². The first kappa shape index (κ1) is 17.2. The van der Waals surface area contributed by atoms with Crippen molar-refractivity contribution in [2.75, 3.05) is 31.1 Å². The maximum atomic E-state index is 12.6.